The molecule has 136 valence electrons. The average molecular weight is 371 g/mol. The standard InChI is InChI=1S/C22H24ClNO2/c1-15(2)26-21(25)22(24-12-6-3-7-13-24)19-9-5-4-8-17(19)18-11-10-16(23)14-20(18)22/h4-5,8-11,14-15H,3,6-7,12-13H2,1-2H3/p+1/t22-/m0/s1. The van der Waals surface area contributed by atoms with Gasteiger partial charge in [-0.15, -0.1) is 0 Å². The average Bonchev–Trinajstić information content (AvgIpc) is 2.92. The first-order chi connectivity index (χ1) is 12.5. The van der Waals surface area contributed by atoms with Crippen molar-refractivity contribution in [2.75, 3.05) is 13.1 Å². The van der Waals surface area contributed by atoms with E-state index in [9.17, 15) is 4.79 Å². The largest absolute Gasteiger partial charge is 0.458 e. The Bertz CT molecular complexity index is 842. The third-order valence-corrected chi connectivity index (χ3v) is 5.88. The topological polar surface area (TPSA) is 30.7 Å². The second-order valence-corrected chi connectivity index (χ2v) is 8.04. The van der Waals surface area contributed by atoms with Crippen molar-refractivity contribution < 1.29 is 14.4 Å². The number of piperidine rings is 1. The van der Waals surface area contributed by atoms with E-state index in [1.165, 1.54) is 11.3 Å². The normalized spacial score (nSPS) is 22.2. The molecular weight excluding hydrogens is 346 g/mol. The molecule has 3 nitrogen and oxygen atoms in total. The minimum Gasteiger partial charge on any atom is -0.458 e. The number of benzene rings is 2. The van der Waals surface area contributed by atoms with Crippen molar-refractivity contribution in [1.29, 1.82) is 0 Å². The molecule has 0 unspecified atom stereocenters. The Kier molecular flexibility index (Phi) is 4.54. The molecule has 1 aliphatic heterocycles. The summed E-state index contributed by atoms with van der Waals surface area (Å²) in [4.78, 5) is 14.9. The maximum absolute atomic E-state index is 13.6. The van der Waals surface area contributed by atoms with Gasteiger partial charge in [-0.05, 0) is 56.4 Å². The Hall–Kier alpha value is -1.84. The second kappa shape index (κ2) is 6.71. The Morgan fingerprint density at radius 1 is 1.04 bits per heavy atom. The van der Waals surface area contributed by atoms with E-state index in [-0.39, 0.29) is 12.1 Å². The number of ether oxygens (including phenoxy) is 1. The molecule has 2 aromatic rings. The maximum atomic E-state index is 13.6. The zero-order valence-corrected chi connectivity index (χ0v) is 16.1. The molecule has 1 saturated heterocycles. The van der Waals surface area contributed by atoms with Crippen LogP contribution in [0, 0.1) is 0 Å². The molecule has 2 aromatic carbocycles. The number of hydrogen-bond acceptors (Lipinski definition) is 2. The first-order valence-corrected chi connectivity index (χ1v) is 9.89. The van der Waals surface area contributed by atoms with Gasteiger partial charge < -0.3 is 9.64 Å². The lowest BCUT2D eigenvalue weighted by molar-refractivity contribution is -0.948. The van der Waals surface area contributed by atoms with Gasteiger partial charge in [-0.3, -0.25) is 0 Å². The maximum Gasteiger partial charge on any atom is 0.378 e. The summed E-state index contributed by atoms with van der Waals surface area (Å²) in [6.45, 7) is 5.76. The molecule has 1 fully saturated rings. The molecule has 1 atom stereocenters. The van der Waals surface area contributed by atoms with Crippen molar-refractivity contribution in [2.45, 2.75) is 44.8 Å². The quantitative estimate of drug-likeness (QED) is 0.837. The van der Waals surface area contributed by atoms with E-state index in [4.69, 9.17) is 16.3 Å². The summed E-state index contributed by atoms with van der Waals surface area (Å²) in [5.41, 5.74) is 3.46. The van der Waals surface area contributed by atoms with E-state index < -0.39 is 5.54 Å². The van der Waals surface area contributed by atoms with Crippen LogP contribution in [0.3, 0.4) is 0 Å². The number of hydrogen-bond donors (Lipinski definition) is 1. The van der Waals surface area contributed by atoms with Gasteiger partial charge in [-0.1, -0.05) is 41.9 Å². The van der Waals surface area contributed by atoms with Crippen LogP contribution in [0.5, 0.6) is 0 Å². The number of carbonyl (C=O) groups is 1. The number of carbonyl (C=O) groups excluding carboxylic acids is 1. The Morgan fingerprint density at radius 3 is 2.46 bits per heavy atom. The van der Waals surface area contributed by atoms with Gasteiger partial charge in [0.25, 0.3) is 0 Å². The minimum atomic E-state index is -0.818. The zero-order valence-electron chi connectivity index (χ0n) is 15.3. The van der Waals surface area contributed by atoms with Crippen LogP contribution >= 0.6 is 11.6 Å². The number of rotatable bonds is 3. The number of halogens is 1. The molecule has 0 aromatic heterocycles. The lowest BCUT2D eigenvalue weighted by Crippen LogP contribution is -3.20. The summed E-state index contributed by atoms with van der Waals surface area (Å²) in [6.07, 6.45) is 3.33. The van der Waals surface area contributed by atoms with Gasteiger partial charge in [0, 0.05) is 16.1 Å². The predicted octanol–water partition coefficient (Wildman–Crippen LogP) is 3.58. The van der Waals surface area contributed by atoms with Gasteiger partial charge in [-0.25, -0.2) is 4.79 Å². The number of esters is 1. The third kappa shape index (κ3) is 2.57. The molecule has 0 saturated carbocycles. The highest BCUT2D eigenvalue weighted by Crippen LogP contribution is 2.47. The molecule has 2 aliphatic rings. The van der Waals surface area contributed by atoms with Gasteiger partial charge in [-0.2, -0.15) is 0 Å². The van der Waals surface area contributed by atoms with Crippen molar-refractivity contribution in [3.8, 4) is 11.1 Å². The molecule has 0 spiro atoms. The molecule has 1 aliphatic carbocycles. The molecule has 0 amide bonds. The lowest BCUT2D eigenvalue weighted by atomic mass is 9.84. The summed E-state index contributed by atoms with van der Waals surface area (Å²) < 4.78 is 5.84. The highest BCUT2D eigenvalue weighted by molar-refractivity contribution is 6.30. The number of fused-ring (bicyclic) bond motifs is 3. The summed E-state index contributed by atoms with van der Waals surface area (Å²) in [5, 5.41) is 0.662. The number of nitrogens with one attached hydrogen (secondary N) is 1. The first kappa shape index (κ1) is 17.6. The van der Waals surface area contributed by atoms with E-state index in [2.05, 4.69) is 12.1 Å². The molecule has 4 heteroatoms. The fraction of sp³-hybridized carbons (Fsp3) is 0.409. The summed E-state index contributed by atoms with van der Waals surface area (Å²) in [5.74, 6) is -0.155. The van der Waals surface area contributed by atoms with E-state index in [1.54, 1.807) is 0 Å². The first-order valence-electron chi connectivity index (χ1n) is 9.51. The summed E-state index contributed by atoms with van der Waals surface area (Å²) >= 11 is 6.38. The SMILES string of the molecule is CC(C)OC(=O)[C@]1([NH+]2CCCCC2)c2ccccc2-c2ccc(Cl)cc21. The van der Waals surface area contributed by atoms with E-state index in [0.717, 1.165) is 48.2 Å². The molecule has 0 radical (unpaired) electrons. The molecule has 1 N–H and O–H groups in total. The van der Waals surface area contributed by atoms with Crippen molar-refractivity contribution in [3.05, 3.63) is 58.6 Å². The summed E-state index contributed by atoms with van der Waals surface area (Å²) in [7, 11) is 0. The van der Waals surface area contributed by atoms with Gasteiger partial charge in [0.15, 0.2) is 0 Å². The van der Waals surface area contributed by atoms with Crippen LogP contribution in [0.1, 0.15) is 44.2 Å². The van der Waals surface area contributed by atoms with Gasteiger partial charge >= 0.3 is 5.97 Å². The lowest BCUT2D eigenvalue weighted by Gasteiger charge is -2.39. The Labute approximate surface area is 159 Å². The smallest absolute Gasteiger partial charge is 0.378 e. The number of quaternary nitrogens is 1. The molecule has 0 bridgehead atoms. The third-order valence-electron chi connectivity index (χ3n) is 5.64. The van der Waals surface area contributed by atoms with Crippen LogP contribution in [0.4, 0.5) is 0 Å². The van der Waals surface area contributed by atoms with Gasteiger partial charge in [0.1, 0.15) is 0 Å². The number of likely N-dealkylation sites (tertiary alicyclic amines) is 1. The van der Waals surface area contributed by atoms with Crippen molar-refractivity contribution >= 4 is 17.6 Å². The fourth-order valence-corrected chi connectivity index (χ4v) is 4.82. The van der Waals surface area contributed by atoms with Crippen LogP contribution in [0.15, 0.2) is 42.5 Å². The van der Waals surface area contributed by atoms with Crippen LogP contribution in [-0.2, 0) is 15.1 Å². The van der Waals surface area contributed by atoms with E-state index in [0.29, 0.717) is 5.02 Å². The highest BCUT2D eigenvalue weighted by Gasteiger charge is 2.58. The van der Waals surface area contributed by atoms with E-state index >= 15 is 0 Å². The monoisotopic (exact) mass is 370 g/mol. The second-order valence-electron chi connectivity index (χ2n) is 7.60. The Balaban J connectivity index is 2.00. The highest BCUT2D eigenvalue weighted by atomic mass is 35.5. The molecule has 1 heterocycles. The van der Waals surface area contributed by atoms with Crippen LogP contribution in [0.2, 0.25) is 5.02 Å². The van der Waals surface area contributed by atoms with Crippen molar-refractivity contribution in [1.82, 2.24) is 0 Å². The summed E-state index contributed by atoms with van der Waals surface area (Å²) in [6, 6.07) is 14.2. The minimum absolute atomic E-state index is 0.154. The van der Waals surface area contributed by atoms with Crippen molar-refractivity contribution in [2.24, 2.45) is 0 Å². The molecule has 4 rings (SSSR count). The van der Waals surface area contributed by atoms with E-state index in [1.807, 2.05) is 44.2 Å². The van der Waals surface area contributed by atoms with Crippen molar-refractivity contribution in [3.63, 3.8) is 0 Å². The van der Waals surface area contributed by atoms with Crippen LogP contribution in [0.25, 0.3) is 11.1 Å². The van der Waals surface area contributed by atoms with Gasteiger partial charge in [0.05, 0.1) is 19.2 Å². The fourth-order valence-electron chi connectivity index (χ4n) is 4.65. The van der Waals surface area contributed by atoms with Crippen LogP contribution in [-0.4, -0.2) is 25.2 Å². The molecule has 26 heavy (non-hydrogen) atoms. The van der Waals surface area contributed by atoms with Crippen LogP contribution < -0.4 is 4.90 Å². The van der Waals surface area contributed by atoms with Gasteiger partial charge in [0.2, 0.25) is 5.54 Å². The predicted molar refractivity (Wildman–Crippen MR) is 103 cm³/mol. The molecular formula is C22H25ClNO2+. The Morgan fingerprint density at radius 2 is 1.73 bits per heavy atom. The zero-order chi connectivity index (χ0) is 18.3.